The van der Waals surface area contributed by atoms with Crippen LogP contribution in [-0.2, 0) is 19.5 Å². The molecule has 0 fully saturated rings. The number of aromatic amines is 1. The molecule has 0 amide bonds. The first-order chi connectivity index (χ1) is 12.2. The van der Waals surface area contributed by atoms with E-state index in [2.05, 4.69) is 32.0 Å². The number of rotatable bonds is 4. The second-order valence-electron chi connectivity index (χ2n) is 5.96. The van der Waals surface area contributed by atoms with Crippen LogP contribution in [0.5, 0.6) is 0 Å². The molecule has 1 aliphatic heterocycles. The number of hydrogen-bond donors (Lipinski definition) is 1. The normalized spacial score (nSPS) is 14.4. The van der Waals surface area contributed by atoms with Crippen LogP contribution < -0.4 is 5.56 Å². The number of hydrogen-bond acceptors (Lipinski definition) is 6. The minimum atomic E-state index is -0.00618. The third-order valence-electron chi connectivity index (χ3n) is 4.27. The highest BCUT2D eigenvalue weighted by Crippen LogP contribution is 2.27. The van der Waals surface area contributed by atoms with Crippen molar-refractivity contribution < 1.29 is 0 Å². The van der Waals surface area contributed by atoms with Gasteiger partial charge in [-0.3, -0.25) is 9.69 Å². The first kappa shape index (κ1) is 16.5. The van der Waals surface area contributed by atoms with Crippen LogP contribution in [0.25, 0.3) is 10.6 Å². The van der Waals surface area contributed by atoms with Gasteiger partial charge < -0.3 is 4.98 Å². The lowest BCUT2D eigenvalue weighted by Crippen LogP contribution is -2.35. The number of thiazole rings is 1. The number of thioether (sulfide) groups is 1. The number of aromatic nitrogens is 3. The van der Waals surface area contributed by atoms with E-state index in [4.69, 9.17) is 0 Å². The van der Waals surface area contributed by atoms with Gasteiger partial charge in [-0.2, -0.15) is 0 Å². The van der Waals surface area contributed by atoms with Gasteiger partial charge in [0.1, 0.15) is 5.01 Å². The maximum atomic E-state index is 12.3. The summed E-state index contributed by atoms with van der Waals surface area (Å²) in [5.74, 6) is 0. The molecule has 1 N–H and O–H groups in total. The molecule has 0 aliphatic carbocycles. The molecule has 1 aliphatic rings. The van der Waals surface area contributed by atoms with Gasteiger partial charge in [0.25, 0.3) is 5.56 Å². The second kappa shape index (κ2) is 7.11. The predicted octanol–water partition coefficient (Wildman–Crippen LogP) is 3.17. The van der Waals surface area contributed by atoms with Crippen molar-refractivity contribution in [2.75, 3.05) is 12.8 Å². The molecule has 3 heterocycles. The fourth-order valence-corrected chi connectivity index (χ4v) is 4.36. The molecule has 3 aromatic rings. The maximum Gasteiger partial charge on any atom is 0.256 e. The molecule has 5 nitrogen and oxygen atoms in total. The summed E-state index contributed by atoms with van der Waals surface area (Å²) in [5.41, 5.74) is 2.89. The zero-order chi connectivity index (χ0) is 17.2. The van der Waals surface area contributed by atoms with E-state index < -0.39 is 0 Å². The summed E-state index contributed by atoms with van der Waals surface area (Å²) in [4.78, 5) is 27.7. The maximum absolute atomic E-state index is 12.3. The largest absolute Gasteiger partial charge is 0.301 e. The van der Waals surface area contributed by atoms with Crippen molar-refractivity contribution in [3.63, 3.8) is 0 Å². The highest BCUT2D eigenvalue weighted by Gasteiger charge is 2.21. The summed E-state index contributed by atoms with van der Waals surface area (Å²) in [5, 5.41) is 1.74. The Morgan fingerprint density at radius 3 is 2.96 bits per heavy atom. The zero-order valence-electron chi connectivity index (χ0n) is 13.9. The van der Waals surface area contributed by atoms with E-state index in [9.17, 15) is 4.79 Å². The minimum Gasteiger partial charge on any atom is -0.301 e. The number of nitrogens with zero attached hydrogens (tertiary/aromatic N) is 3. The van der Waals surface area contributed by atoms with E-state index in [1.807, 2.05) is 30.7 Å². The van der Waals surface area contributed by atoms with E-state index in [1.165, 1.54) is 16.6 Å². The number of fused-ring (bicyclic) bond motifs is 1. The van der Waals surface area contributed by atoms with Crippen LogP contribution in [0.3, 0.4) is 0 Å². The fraction of sp³-hybridized carbons (Fsp3) is 0.278. The Labute approximate surface area is 154 Å². The van der Waals surface area contributed by atoms with Crippen molar-refractivity contribution in [2.24, 2.45) is 0 Å². The summed E-state index contributed by atoms with van der Waals surface area (Å²) in [7, 11) is 0. The molecule has 0 atom stereocenters. The fourth-order valence-electron chi connectivity index (χ4n) is 3.00. The van der Waals surface area contributed by atoms with Crippen LogP contribution in [0, 0.1) is 0 Å². The van der Waals surface area contributed by atoms with Gasteiger partial charge in [-0.05, 0) is 6.26 Å². The van der Waals surface area contributed by atoms with Gasteiger partial charge >= 0.3 is 0 Å². The first-order valence-corrected chi connectivity index (χ1v) is 10.2. The van der Waals surface area contributed by atoms with Crippen molar-refractivity contribution in [3.05, 3.63) is 63.0 Å². The SMILES string of the molecule is CSc1nc2c(c(=O)[nH]1)CN(Cc1cnc(-c3ccccc3)s1)CC2. The third-order valence-corrected chi connectivity index (χ3v) is 5.88. The molecule has 1 aromatic carbocycles. The summed E-state index contributed by atoms with van der Waals surface area (Å²) < 4.78 is 0. The summed E-state index contributed by atoms with van der Waals surface area (Å²) in [6.45, 7) is 2.37. The summed E-state index contributed by atoms with van der Waals surface area (Å²) >= 11 is 3.19. The minimum absolute atomic E-state index is 0.00618. The van der Waals surface area contributed by atoms with Crippen LogP contribution in [0.15, 0.2) is 46.5 Å². The van der Waals surface area contributed by atoms with Crippen molar-refractivity contribution >= 4 is 23.1 Å². The lowest BCUT2D eigenvalue weighted by atomic mass is 10.1. The van der Waals surface area contributed by atoms with Gasteiger partial charge in [0.2, 0.25) is 0 Å². The van der Waals surface area contributed by atoms with E-state index in [0.717, 1.165) is 41.3 Å². The topological polar surface area (TPSA) is 61.9 Å². The molecule has 4 rings (SSSR count). The van der Waals surface area contributed by atoms with Crippen LogP contribution in [0.4, 0.5) is 0 Å². The molecule has 0 saturated heterocycles. The second-order valence-corrected chi connectivity index (χ2v) is 7.87. The Morgan fingerprint density at radius 2 is 2.16 bits per heavy atom. The molecule has 25 heavy (non-hydrogen) atoms. The lowest BCUT2D eigenvalue weighted by molar-refractivity contribution is 0.243. The lowest BCUT2D eigenvalue weighted by Gasteiger charge is -2.26. The molecule has 0 saturated carbocycles. The molecule has 7 heteroatoms. The van der Waals surface area contributed by atoms with Crippen LogP contribution in [0.1, 0.15) is 16.1 Å². The van der Waals surface area contributed by atoms with E-state index in [1.54, 1.807) is 11.3 Å². The van der Waals surface area contributed by atoms with Gasteiger partial charge in [-0.1, -0.05) is 42.1 Å². The van der Waals surface area contributed by atoms with E-state index in [-0.39, 0.29) is 5.56 Å². The average Bonchev–Trinajstić information content (AvgIpc) is 3.11. The van der Waals surface area contributed by atoms with Crippen LogP contribution >= 0.6 is 23.1 Å². The molecule has 0 unspecified atom stereocenters. The Morgan fingerprint density at radius 1 is 1.32 bits per heavy atom. The van der Waals surface area contributed by atoms with Gasteiger partial charge in [0.15, 0.2) is 5.16 Å². The van der Waals surface area contributed by atoms with Crippen molar-refractivity contribution in [3.8, 4) is 10.6 Å². The molecular formula is C18H18N4OS2. The van der Waals surface area contributed by atoms with Crippen molar-refractivity contribution in [1.82, 2.24) is 19.9 Å². The summed E-state index contributed by atoms with van der Waals surface area (Å²) in [6, 6.07) is 10.2. The van der Waals surface area contributed by atoms with Gasteiger partial charge in [-0.25, -0.2) is 9.97 Å². The zero-order valence-corrected chi connectivity index (χ0v) is 15.5. The highest BCUT2D eigenvalue weighted by atomic mass is 32.2. The van der Waals surface area contributed by atoms with Crippen LogP contribution in [-0.4, -0.2) is 32.7 Å². The summed E-state index contributed by atoms with van der Waals surface area (Å²) in [6.07, 6.45) is 4.69. The smallest absolute Gasteiger partial charge is 0.256 e. The number of H-pyrrole nitrogens is 1. The standard InChI is InChI=1S/C18H18N4OS2/c1-24-18-20-15-7-8-22(11-14(15)16(23)21-18)10-13-9-19-17(25-13)12-5-3-2-4-6-12/h2-6,9H,7-8,10-11H2,1H3,(H,20,21,23). The Bertz CT molecular complexity index is 936. The molecule has 128 valence electrons. The van der Waals surface area contributed by atoms with Crippen LogP contribution in [0.2, 0.25) is 0 Å². The molecule has 2 aromatic heterocycles. The van der Waals surface area contributed by atoms with Crippen molar-refractivity contribution in [2.45, 2.75) is 24.7 Å². The quantitative estimate of drug-likeness (QED) is 0.565. The van der Waals surface area contributed by atoms with Crippen molar-refractivity contribution in [1.29, 1.82) is 0 Å². The molecule has 0 spiro atoms. The predicted molar refractivity (Wildman–Crippen MR) is 102 cm³/mol. The Balaban J connectivity index is 1.50. The van der Waals surface area contributed by atoms with E-state index in [0.29, 0.717) is 11.7 Å². The van der Waals surface area contributed by atoms with Gasteiger partial charge in [0, 0.05) is 42.7 Å². The Hall–Kier alpha value is -1.96. The molecule has 0 radical (unpaired) electrons. The third kappa shape index (κ3) is 3.53. The van der Waals surface area contributed by atoms with Gasteiger partial charge in [0.05, 0.1) is 11.3 Å². The van der Waals surface area contributed by atoms with E-state index >= 15 is 0 Å². The highest BCUT2D eigenvalue weighted by molar-refractivity contribution is 7.98. The number of nitrogens with one attached hydrogen (secondary N) is 1. The Kier molecular flexibility index (Phi) is 4.70. The number of benzene rings is 1. The average molecular weight is 371 g/mol. The van der Waals surface area contributed by atoms with Gasteiger partial charge in [-0.15, -0.1) is 11.3 Å². The monoisotopic (exact) mass is 370 g/mol. The molecular weight excluding hydrogens is 352 g/mol. The first-order valence-electron chi connectivity index (χ1n) is 8.11. The molecule has 0 bridgehead atoms.